The number of aromatic nitrogens is 1. The van der Waals surface area contributed by atoms with Gasteiger partial charge in [0.25, 0.3) is 5.91 Å². The molecule has 2 N–H and O–H groups in total. The molecule has 1 amide bonds. The number of carboxylic acids is 1. The van der Waals surface area contributed by atoms with E-state index in [1.54, 1.807) is 0 Å². The lowest BCUT2D eigenvalue weighted by molar-refractivity contribution is -0.146. The van der Waals surface area contributed by atoms with Crippen molar-refractivity contribution < 1.29 is 14.7 Å². The molecule has 6 heteroatoms. The van der Waals surface area contributed by atoms with Crippen LogP contribution in [0.25, 0.3) is 0 Å². The van der Waals surface area contributed by atoms with Crippen molar-refractivity contribution >= 4 is 11.9 Å². The Bertz CT molecular complexity index is 581. The number of rotatable bonds is 3. The first-order chi connectivity index (χ1) is 9.97. The molecule has 2 rings (SSSR count). The van der Waals surface area contributed by atoms with Crippen molar-refractivity contribution in [2.75, 3.05) is 0 Å². The van der Waals surface area contributed by atoms with E-state index < -0.39 is 17.4 Å². The fourth-order valence-electron chi connectivity index (χ4n) is 2.52. The van der Waals surface area contributed by atoms with E-state index in [2.05, 4.69) is 17.2 Å². The van der Waals surface area contributed by atoms with Gasteiger partial charge in [0.1, 0.15) is 17.3 Å². The van der Waals surface area contributed by atoms with Crippen molar-refractivity contribution in [3.8, 4) is 6.07 Å². The smallest absolute Gasteiger partial charge is 0.329 e. The first-order valence-corrected chi connectivity index (χ1v) is 6.89. The third-order valence-electron chi connectivity index (χ3n) is 4.02. The first-order valence-electron chi connectivity index (χ1n) is 6.89. The standard InChI is InChI=1S/C15H17N3O3/c1-10-4-6-15(7-5-10,14(20)21)18-13(19)12-3-2-11(8-16)9-17-12/h2-3,9-10H,4-7H2,1H3,(H,18,19)(H,20,21). The van der Waals surface area contributed by atoms with Crippen LogP contribution in [0.2, 0.25) is 0 Å². The number of nitriles is 1. The highest BCUT2D eigenvalue weighted by atomic mass is 16.4. The van der Waals surface area contributed by atoms with Crippen molar-refractivity contribution in [1.29, 1.82) is 5.26 Å². The van der Waals surface area contributed by atoms with Gasteiger partial charge in [-0.25, -0.2) is 9.78 Å². The molecular weight excluding hydrogens is 270 g/mol. The van der Waals surface area contributed by atoms with Crippen LogP contribution in [0.3, 0.4) is 0 Å². The third-order valence-corrected chi connectivity index (χ3v) is 4.02. The van der Waals surface area contributed by atoms with Crippen LogP contribution in [-0.4, -0.2) is 27.5 Å². The van der Waals surface area contributed by atoms with Gasteiger partial charge in [-0.15, -0.1) is 0 Å². The van der Waals surface area contributed by atoms with E-state index in [9.17, 15) is 14.7 Å². The lowest BCUT2D eigenvalue weighted by atomic mass is 9.77. The second kappa shape index (κ2) is 5.92. The van der Waals surface area contributed by atoms with E-state index >= 15 is 0 Å². The Morgan fingerprint density at radius 3 is 2.57 bits per heavy atom. The van der Waals surface area contributed by atoms with Crippen LogP contribution < -0.4 is 5.32 Å². The molecule has 1 saturated carbocycles. The van der Waals surface area contributed by atoms with Crippen LogP contribution >= 0.6 is 0 Å². The lowest BCUT2D eigenvalue weighted by Crippen LogP contribution is -2.56. The maximum atomic E-state index is 12.2. The van der Waals surface area contributed by atoms with Crippen molar-refractivity contribution in [2.45, 2.75) is 38.1 Å². The Kier molecular flexibility index (Phi) is 4.22. The van der Waals surface area contributed by atoms with Crippen LogP contribution in [0.5, 0.6) is 0 Å². The summed E-state index contributed by atoms with van der Waals surface area (Å²) in [5, 5.41) is 20.8. The molecule has 1 heterocycles. The summed E-state index contributed by atoms with van der Waals surface area (Å²) in [6.07, 6.45) is 3.68. The molecule has 0 spiro atoms. The Hall–Kier alpha value is -2.42. The summed E-state index contributed by atoms with van der Waals surface area (Å²) in [6.45, 7) is 2.08. The second-order valence-corrected chi connectivity index (χ2v) is 5.57. The van der Waals surface area contributed by atoms with E-state index in [0.717, 1.165) is 12.8 Å². The monoisotopic (exact) mass is 287 g/mol. The van der Waals surface area contributed by atoms with Gasteiger partial charge in [-0.1, -0.05) is 6.92 Å². The topological polar surface area (TPSA) is 103 Å². The number of hydrogen-bond acceptors (Lipinski definition) is 4. The summed E-state index contributed by atoms with van der Waals surface area (Å²) in [5.74, 6) is -1.05. The number of hydrogen-bond donors (Lipinski definition) is 2. The van der Waals surface area contributed by atoms with Crippen LogP contribution in [-0.2, 0) is 4.79 Å². The number of carbonyl (C=O) groups excluding carboxylic acids is 1. The minimum Gasteiger partial charge on any atom is -0.480 e. The molecule has 0 radical (unpaired) electrons. The summed E-state index contributed by atoms with van der Waals surface area (Å²) in [6, 6.07) is 4.83. The number of carboxylic acid groups (broad SMARTS) is 1. The molecule has 6 nitrogen and oxygen atoms in total. The van der Waals surface area contributed by atoms with Crippen LogP contribution in [0.1, 0.15) is 48.7 Å². The Balaban J connectivity index is 2.15. The van der Waals surface area contributed by atoms with Gasteiger partial charge in [-0.3, -0.25) is 4.79 Å². The first kappa shape index (κ1) is 15.0. The van der Waals surface area contributed by atoms with E-state index in [1.807, 2.05) is 6.07 Å². The predicted molar refractivity (Wildman–Crippen MR) is 74.4 cm³/mol. The van der Waals surface area contributed by atoms with Crippen LogP contribution in [0, 0.1) is 17.2 Å². The number of nitrogens with one attached hydrogen (secondary N) is 1. The SMILES string of the molecule is CC1CCC(NC(=O)c2ccc(C#N)cn2)(C(=O)O)CC1. The molecule has 0 aromatic carbocycles. The molecule has 0 bridgehead atoms. The van der Waals surface area contributed by atoms with Crippen molar-refractivity contribution in [1.82, 2.24) is 10.3 Å². The summed E-state index contributed by atoms with van der Waals surface area (Å²) < 4.78 is 0. The Labute approximate surface area is 122 Å². The van der Waals surface area contributed by atoms with E-state index in [1.165, 1.54) is 18.3 Å². The number of pyridine rings is 1. The Morgan fingerprint density at radius 1 is 1.43 bits per heavy atom. The highest BCUT2D eigenvalue weighted by molar-refractivity contribution is 5.96. The maximum absolute atomic E-state index is 12.2. The van der Waals surface area contributed by atoms with Gasteiger partial charge in [0.2, 0.25) is 0 Å². The van der Waals surface area contributed by atoms with Gasteiger partial charge in [0.05, 0.1) is 5.56 Å². The minimum absolute atomic E-state index is 0.119. The summed E-state index contributed by atoms with van der Waals surface area (Å²) in [7, 11) is 0. The molecule has 0 saturated heterocycles. The second-order valence-electron chi connectivity index (χ2n) is 5.57. The van der Waals surface area contributed by atoms with Crippen molar-refractivity contribution in [3.05, 3.63) is 29.6 Å². The average molecular weight is 287 g/mol. The molecular formula is C15H17N3O3. The number of amides is 1. The fourth-order valence-corrected chi connectivity index (χ4v) is 2.52. The largest absolute Gasteiger partial charge is 0.480 e. The van der Waals surface area contributed by atoms with Crippen molar-refractivity contribution in [2.24, 2.45) is 5.92 Å². The fraction of sp³-hybridized carbons (Fsp3) is 0.467. The summed E-state index contributed by atoms with van der Waals surface area (Å²) in [4.78, 5) is 27.6. The highest BCUT2D eigenvalue weighted by Gasteiger charge is 2.42. The normalized spacial score (nSPS) is 24.9. The molecule has 0 unspecified atom stereocenters. The average Bonchev–Trinajstić information content (AvgIpc) is 2.49. The zero-order valence-electron chi connectivity index (χ0n) is 11.8. The molecule has 1 aromatic rings. The quantitative estimate of drug-likeness (QED) is 0.881. The number of aliphatic carboxylic acids is 1. The molecule has 0 aliphatic heterocycles. The predicted octanol–water partition coefficient (Wildman–Crippen LogP) is 1.72. The zero-order chi connectivity index (χ0) is 15.5. The van der Waals surface area contributed by atoms with Crippen LogP contribution in [0.4, 0.5) is 0 Å². The van der Waals surface area contributed by atoms with Gasteiger partial charge >= 0.3 is 5.97 Å². The highest BCUT2D eigenvalue weighted by Crippen LogP contribution is 2.32. The van der Waals surface area contributed by atoms with E-state index in [-0.39, 0.29) is 5.69 Å². The minimum atomic E-state index is -1.21. The lowest BCUT2D eigenvalue weighted by Gasteiger charge is -2.36. The van der Waals surface area contributed by atoms with Gasteiger partial charge in [0.15, 0.2) is 0 Å². The Morgan fingerprint density at radius 2 is 2.10 bits per heavy atom. The molecule has 1 aliphatic carbocycles. The van der Waals surface area contributed by atoms with Gasteiger partial charge in [-0.2, -0.15) is 5.26 Å². The van der Waals surface area contributed by atoms with E-state index in [0.29, 0.717) is 24.3 Å². The third kappa shape index (κ3) is 3.19. The van der Waals surface area contributed by atoms with Gasteiger partial charge in [0, 0.05) is 6.20 Å². The van der Waals surface area contributed by atoms with Gasteiger partial charge in [-0.05, 0) is 43.7 Å². The summed E-state index contributed by atoms with van der Waals surface area (Å²) >= 11 is 0. The molecule has 0 atom stereocenters. The number of nitrogens with zero attached hydrogens (tertiary/aromatic N) is 2. The van der Waals surface area contributed by atoms with Gasteiger partial charge < -0.3 is 10.4 Å². The van der Waals surface area contributed by atoms with E-state index in [4.69, 9.17) is 5.26 Å². The molecule has 1 aliphatic rings. The summed E-state index contributed by atoms with van der Waals surface area (Å²) in [5.41, 5.74) is -0.738. The zero-order valence-corrected chi connectivity index (χ0v) is 11.8. The maximum Gasteiger partial charge on any atom is 0.329 e. The van der Waals surface area contributed by atoms with Crippen LogP contribution in [0.15, 0.2) is 18.3 Å². The molecule has 1 aromatic heterocycles. The molecule has 1 fully saturated rings. The molecule has 110 valence electrons. The number of carbonyl (C=O) groups is 2. The molecule has 21 heavy (non-hydrogen) atoms. The van der Waals surface area contributed by atoms with Crippen molar-refractivity contribution in [3.63, 3.8) is 0 Å².